The van der Waals surface area contributed by atoms with E-state index < -0.39 is 35.3 Å². The van der Waals surface area contributed by atoms with Crippen molar-refractivity contribution in [3.63, 3.8) is 0 Å². The molecule has 0 aliphatic rings. The van der Waals surface area contributed by atoms with Gasteiger partial charge in [-0.3, -0.25) is 4.79 Å². The lowest BCUT2D eigenvalue weighted by atomic mass is 10.1. The van der Waals surface area contributed by atoms with Gasteiger partial charge in [-0.15, -0.1) is 11.3 Å². The molecule has 9 heteroatoms. The Labute approximate surface area is 173 Å². The Morgan fingerprint density at radius 1 is 1.17 bits per heavy atom. The molecule has 0 bridgehead atoms. The number of hydrogen-bond donors (Lipinski definition) is 1. The van der Waals surface area contributed by atoms with Gasteiger partial charge in [-0.2, -0.15) is 13.2 Å². The number of carbonyl (C=O) groups is 1. The maximum atomic E-state index is 13.7. The molecule has 0 aliphatic heterocycles. The fourth-order valence-corrected chi connectivity index (χ4v) is 3.61. The van der Waals surface area contributed by atoms with Gasteiger partial charge in [0.25, 0.3) is 5.91 Å². The molecule has 0 saturated heterocycles. The standard InChI is InChI=1S/C21H17F5N2OS/c1-11-16(22)8-14(9-17(11)23)12(2)27-20(29)18-10-30-19(28-18)7-13-4-3-5-15(6-13)21(24,25)26/h3-6,8-10,12H,7H2,1-2H3,(H,27,29)/t12-/m1/s1. The molecular weight excluding hydrogens is 423 g/mol. The fraction of sp³-hybridized carbons (Fsp3) is 0.238. The van der Waals surface area contributed by atoms with E-state index in [1.54, 1.807) is 13.0 Å². The molecule has 0 aliphatic carbocycles. The van der Waals surface area contributed by atoms with Crippen molar-refractivity contribution in [2.75, 3.05) is 0 Å². The monoisotopic (exact) mass is 440 g/mol. The molecule has 30 heavy (non-hydrogen) atoms. The van der Waals surface area contributed by atoms with Crippen LogP contribution in [0.3, 0.4) is 0 Å². The Hall–Kier alpha value is -2.81. The summed E-state index contributed by atoms with van der Waals surface area (Å²) in [5, 5.41) is 4.57. The van der Waals surface area contributed by atoms with Crippen molar-refractivity contribution >= 4 is 17.2 Å². The lowest BCUT2D eigenvalue weighted by Gasteiger charge is -2.14. The normalized spacial score (nSPS) is 12.6. The molecule has 3 rings (SSSR count). The third-order valence-electron chi connectivity index (χ3n) is 4.54. The molecule has 0 saturated carbocycles. The molecule has 3 nitrogen and oxygen atoms in total. The van der Waals surface area contributed by atoms with Gasteiger partial charge in [0.2, 0.25) is 0 Å². The highest BCUT2D eigenvalue weighted by Crippen LogP contribution is 2.30. The summed E-state index contributed by atoms with van der Waals surface area (Å²) in [7, 11) is 0. The number of carbonyl (C=O) groups excluding carboxylic acids is 1. The highest BCUT2D eigenvalue weighted by Gasteiger charge is 2.30. The van der Waals surface area contributed by atoms with Gasteiger partial charge in [0.05, 0.1) is 16.6 Å². The van der Waals surface area contributed by atoms with E-state index >= 15 is 0 Å². The average Bonchev–Trinajstić information content (AvgIpc) is 3.13. The van der Waals surface area contributed by atoms with E-state index in [1.165, 1.54) is 18.4 Å². The molecule has 158 valence electrons. The minimum absolute atomic E-state index is 0.0851. The fourth-order valence-electron chi connectivity index (χ4n) is 2.80. The third kappa shape index (κ3) is 5.02. The van der Waals surface area contributed by atoms with Crippen LogP contribution in [0.5, 0.6) is 0 Å². The quantitative estimate of drug-likeness (QED) is 0.507. The highest BCUT2D eigenvalue weighted by atomic mass is 32.1. The maximum Gasteiger partial charge on any atom is 0.416 e. The van der Waals surface area contributed by atoms with Crippen molar-refractivity contribution in [2.24, 2.45) is 0 Å². The smallest absolute Gasteiger partial charge is 0.344 e. The molecule has 1 amide bonds. The van der Waals surface area contributed by atoms with Crippen LogP contribution in [0.25, 0.3) is 0 Å². The second-order valence-corrected chi connectivity index (χ2v) is 7.75. The van der Waals surface area contributed by atoms with Crippen LogP contribution in [0.4, 0.5) is 22.0 Å². The van der Waals surface area contributed by atoms with Gasteiger partial charge in [0, 0.05) is 17.4 Å². The Balaban J connectivity index is 1.69. The number of benzene rings is 2. The van der Waals surface area contributed by atoms with Crippen LogP contribution < -0.4 is 5.32 Å². The molecule has 1 aromatic heterocycles. The molecule has 1 atom stereocenters. The molecule has 2 aromatic carbocycles. The van der Waals surface area contributed by atoms with Crippen LogP contribution in [0.15, 0.2) is 41.8 Å². The van der Waals surface area contributed by atoms with E-state index in [4.69, 9.17) is 0 Å². The number of nitrogens with zero attached hydrogens (tertiary/aromatic N) is 1. The predicted molar refractivity (Wildman–Crippen MR) is 103 cm³/mol. The summed E-state index contributed by atoms with van der Waals surface area (Å²) >= 11 is 1.14. The summed E-state index contributed by atoms with van der Waals surface area (Å²) in [5.41, 5.74) is -0.0766. The van der Waals surface area contributed by atoms with E-state index in [0.29, 0.717) is 10.6 Å². The molecule has 0 fully saturated rings. The van der Waals surface area contributed by atoms with Crippen molar-refractivity contribution in [3.8, 4) is 0 Å². The van der Waals surface area contributed by atoms with E-state index in [2.05, 4.69) is 10.3 Å². The minimum Gasteiger partial charge on any atom is -0.344 e. The van der Waals surface area contributed by atoms with Crippen molar-refractivity contribution in [1.29, 1.82) is 0 Å². The van der Waals surface area contributed by atoms with E-state index in [1.807, 2.05) is 0 Å². The SMILES string of the molecule is Cc1c(F)cc([C@@H](C)NC(=O)c2csc(Cc3cccc(C(F)(F)F)c3)n2)cc1F. The minimum atomic E-state index is -4.44. The topological polar surface area (TPSA) is 42.0 Å². The van der Waals surface area contributed by atoms with E-state index in [9.17, 15) is 26.7 Å². The van der Waals surface area contributed by atoms with Gasteiger partial charge >= 0.3 is 6.18 Å². The molecule has 1 heterocycles. The van der Waals surface area contributed by atoms with Crippen LogP contribution in [0, 0.1) is 18.6 Å². The second kappa shape index (κ2) is 8.51. The summed E-state index contributed by atoms with van der Waals surface area (Å²) in [5.74, 6) is -1.96. The van der Waals surface area contributed by atoms with Crippen molar-refractivity contribution in [2.45, 2.75) is 32.5 Å². The lowest BCUT2D eigenvalue weighted by Crippen LogP contribution is -2.27. The van der Waals surface area contributed by atoms with Crippen molar-refractivity contribution in [1.82, 2.24) is 10.3 Å². The van der Waals surface area contributed by atoms with E-state index in [0.717, 1.165) is 35.6 Å². The average molecular weight is 440 g/mol. The Kier molecular flexibility index (Phi) is 6.21. The first kappa shape index (κ1) is 21.9. The zero-order valence-electron chi connectivity index (χ0n) is 16.0. The molecule has 1 N–H and O–H groups in total. The van der Waals surface area contributed by atoms with Crippen LogP contribution in [0.1, 0.15) is 50.7 Å². The summed E-state index contributed by atoms with van der Waals surface area (Å²) in [6.45, 7) is 2.90. The van der Waals surface area contributed by atoms with Gasteiger partial charge in [-0.05, 0) is 43.2 Å². The van der Waals surface area contributed by atoms with Gasteiger partial charge in [-0.25, -0.2) is 13.8 Å². The number of amides is 1. The number of thiazole rings is 1. The lowest BCUT2D eigenvalue weighted by molar-refractivity contribution is -0.137. The van der Waals surface area contributed by atoms with Crippen molar-refractivity contribution < 1.29 is 26.7 Å². The third-order valence-corrected chi connectivity index (χ3v) is 5.39. The summed E-state index contributed by atoms with van der Waals surface area (Å²) < 4.78 is 66.0. The summed E-state index contributed by atoms with van der Waals surface area (Å²) in [6.07, 6.45) is -4.29. The Morgan fingerprint density at radius 2 is 1.83 bits per heavy atom. The maximum absolute atomic E-state index is 13.7. The van der Waals surface area contributed by atoms with Crippen LogP contribution in [0.2, 0.25) is 0 Å². The van der Waals surface area contributed by atoms with Gasteiger partial charge in [0.15, 0.2) is 0 Å². The highest BCUT2D eigenvalue weighted by molar-refractivity contribution is 7.09. The van der Waals surface area contributed by atoms with Gasteiger partial charge in [0.1, 0.15) is 17.3 Å². The largest absolute Gasteiger partial charge is 0.416 e. The number of aromatic nitrogens is 1. The summed E-state index contributed by atoms with van der Waals surface area (Å²) in [6, 6.07) is 6.55. The number of halogens is 5. The van der Waals surface area contributed by atoms with Crippen LogP contribution >= 0.6 is 11.3 Å². The zero-order valence-corrected chi connectivity index (χ0v) is 16.8. The van der Waals surface area contributed by atoms with Crippen LogP contribution in [-0.2, 0) is 12.6 Å². The second-order valence-electron chi connectivity index (χ2n) is 6.81. The first-order valence-electron chi connectivity index (χ1n) is 8.91. The van der Waals surface area contributed by atoms with E-state index in [-0.39, 0.29) is 23.2 Å². The molecule has 0 spiro atoms. The number of nitrogens with one attached hydrogen (secondary N) is 1. The molecule has 0 radical (unpaired) electrons. The first-order valence-corrected chi connectivity index (χ1v) is 9.79. The molecule has 3 aromatic rings. The first-order chi connectivity index (χ1) is 14.0. The zero-order chi connectivity index (χ0) is 22.1. The Morgan fingerprint density at radius 3 is 2.47 bits per heavy atom. The summed E-state index contributed by atoms with van der Waals surface area (Å²) in [4.78, 5) is 16.6. The number of rotatable bonds is 5. The van der Waals surface area contributed by atoms with Gasteiger partial charge < -0.3 is 5.32 Å². The Bertz CT molecular complexity index is 1050. The van der Waals surface area contributed by atoms with Crippen molar-refractivity contribution in [3.05, 3.63) is 86.4 Å². The van der Waals surface area contributed by atoms with Crippen LogP contribution in [-0.4, -0.2) is 10.9 Å². The number of alkyl halides is 3. The number of hydrogen-bond acceptors (Lipinski definition) is 3. The predicted octanol–water partition coefficient (Wildman–Crippen LogP) is 5.83. The van der Waals surface area contributed by atoms with Gasteiger partial charge in [-0.1, -0.05) is 18.2 Å². The molecule has 0 unspecified atom stereocenters. The molecular formula is C21H17F5N2OS.